The minimum Gasteiger partial charge on any atom is -0.457 e. The summed E-state index contributed by atoms with van der Waals surface area (Å²) in [4.78, 5) is 38.0. The van der Waals surface area contributed by atoms with Crippen molar-refractivity contribution in [1.29, 1.82) is 0 Å². The maximum Gasteiger partial charge on any atom is 0.326 e. The highest BCUT2D eigenvalue weighted by atomic mass is 16.5. The van der Waals surface area contributed by atoms with Crippen molar-refractivity contribution < 1.29 is 23.9 Å². The standard InChI is InChI=1S/C23H26N2O5/c1-17(29-22(27)16-25-15-7-3-6-10-21(25)26)23(28)24-18-11-13-20(14-12-18)30-19-8-4-2-5-9-19/h2,4-5,8-9,11-14,17H,3,6-7,10,15-16H2,1H3,(H,24,28)/t17-/m0/s1. The zero-order valence-corrected chi connectivity index (χ0v) is 17.0. The molecule has 0 spiro atoms. The van der Waals surface area contributed by atoms with Crippen molar-refractivity contribution in [3.05, 3.63) is 54.6 Å². The minimum absolute atomic E-state index is 0.0423. The molecule has 1 fully saturated rings. The van der Waals surface area contributed by atoms with E-state index in [1.165, 1.54) is 11.8 Å². The third kappa shape index (κ3) is 6.34. The predicted octanol–water partition coefficient (Wildman–Crippen LogP) is 3.75. The number of ether oxygens (including phenoxy) is 2. The molecule has 2 aromatic carbocycles. The first-order valence-corrected chi connectivity index (χ1v) is 10.1. The average molecular weight is 410 g/mol. The van der Waals surface area contributed by atoms with Crippen LogP contribution in [0.15, 0.2) is 54.6 Å². The highest BCUT2D eigenvalue weighted by Crippen LogP contribution is 2.22. The Morgan fingerprint density at radius 2 is 1.70 bits per heavy atom. The van der Waals surface area contributed by atoms with E-state index in [2.05, 4.69) is 5.32 Å². The summed E-state index contributed by atoms with van der Waals surface area (Å²) in [5.41, 5.74) is 0.561. The van der Waals surface area contributed by atoms with Crippen molar-refractivity contribution >= 4 is 23.5 Å². The molecule has 7 heteroatoms. The van der Waals surface area contributed by atoms with Gasteiger partial charge >= 0.3 is 5.97 Å². The Morgan fingerprint density at radius 1 is 1.00 bits per heavy atom. The Balaban J connectivity index is 1.47. The van der Waals surface area contributed by atoms with Crippen LogP contribution in [0.3, 0.4) is 0 Å². The third-order valence-electron chi connectivity index (χ3n) is 4.77. The van der Waals surface area contributed by atoms with Gasteiger partial charge in [-0.15, -0.1) is 0 Å². The number of hydrogen-bond donors (Lipinski definition) is 1. The first-order chi connectivity index (χ1) is 14.5. The normalized spacial score (nSPS) is 15.1. The fraction of sp³-hybridized carbons (Fsp3) is 0.348. The molecule has 1 atom stereocenters. The molecule has 1 saturated heterocycles. The van der Waals surface area contributed by atoms with Crippen LogP contribution in [0, 0.1) is 0 Å². The Kier molecular flexibility index (Phi) is 7.43. The molecule has 1 aliphatic rings. The highest BCUT2D eigenvalue weighted by molar-refractivity contribution is 5.95. The van der Waals surface area contributed by atoms with Crippen LogP contribution in [0.2, 0.25) is 0 Å². The smallest absolute Gasteiger partial charge is 0.326 e. The molecule has 2 amide bonds. The fourth-order valence-electron chi connectivity index (χ4n) is 3.12. The Bertz CT molecular complexity index is 867. The number of para-hydroxylation sites is 1. The SMILES string of the molecule is C[C@H](OC(=O)CN1CCCCCC1=O)C(=O)Nc1ccc(Oc2ccccc2)cc1. The second kappa shape index (κ2) is 10.4. The van der Waals surface area contributed by atoms with Crippen molar-refractivity contribution in [3.63, 3.8) is 0 Å². The summed E-state index contributed by atoms with van der Waals surface area (Å²) in [6.07, 6.45) is 2.18. The lowest BCUT2D eigenvalue weighted by molar-refractivity contribution is -0.156. The zero-order chi connectivity index (χ0) is 21.3. The molecule has 0 aliphatic carbocycles. The number of nitrogens with zero attached hydrogens (tertiary/aromatic N) is 1. The summed E-state index contributed by atoms with van der Waals surface area (Å²) >= 11 is 0. The minimum atomic E-state index is -0.972. The van der Waals surface area contributed by atoms with E-state index in [0.717, 1.165) is 25.0 Å². The molecule has 158 valence electrons. The van der Waals surface area contributed by atoms with Gasteiger partial charge in [-0.05, 0) is 56.2 Å². The van der Waals surface area contributed by atoms with Crippen LogP contribution in [-0.2, 0) is 19.1 Å². The van der Waals surface area contributed by atoms with E-state index < -0.39 is 18.0 Å². The Morgan fingerprint density at radius 3 is 2.43 bits per heavy atom. The number of carbonyl (C=O) groups is 3. The van der Waals surface area contributed by atoms with Crippen molar-refractivity contribution in [2.24, 2.45) is 0 Å². The first-order valence-electron chi connectivity index (χ1n) is 10.1. The molecule has 0 aromatic heterocycles. The molecular formula is C23H26N2O5. The van der Waals surface area contributed by atoms with Crippen molar-refractivity contribution in [1.82, 2.24) is 4.90 Å². The van der Waals surface area contributed by atoms with E-state index in [1.807, 2.05) is 30.3 Å². The topological polar surface area (TPSA) is 84.9 Å². The van der Waals surface area contributed by atoms with E-state index in [4.69, 9.17) is 9.47 Å². The molecule has 30 heavy (non-hydrogen) atoms. The van der Waals surface area contributed by atoms with Gasteiger partial charge in [0.15, 0.2) is 6.10 Å². The summed E-state index contributed by atoms with van der Waals surface area (Å²) in [5, 5.41) is 2.71. The summed E-state index contributed by atoms with van der Waals surface area (Å²) in [6, 6.07) is 16.3. The lowest BCUT2D eigenvalue weighted by Gasteiger charge is -2.20. The van der Waals surface area contributed by atoms with Crippen LogP contribution >= 0.6 is 0 Å². The van der Waals surface area contributed by atoms with Crippen LogP contribution in [0.4, 0.5) is 5.69 Å². The molecule has 0 bridgehead atoms. The number of anilines is 1. The van der Waals surface area contributed by atoms with Crippen molar-refractivity contribution in [3.8, 4) is 11.5 Å². The van der Waals surface area contributed by atoms with Crippen molar-refractivity contribution in [2.45, 2.75) is 38.7 Å². The van der Waals surface area contributed by atoms with Crippen molar-refractivity contribution in [2.75, 3.05) is 18.4 Å². The maximum atomic E-state index is 12.3. The highest BCUT2D eigenvalue weighted by Gasteiger charge is 2.23. The van der Waals surface area contributed by atoms with Gasteiger partial charge in [0.05, 0.1) is 0 Å². The number of nitrogens with one attached hydrogen (secondary N) is 1. The molecule has 0 radical (unpaired) electrons. The molecule has 3 rings (SSSR count). The number of benzene rings is 2. The molecule has 0 saturated carbocycles. The van der Waals surface area contributed by atoms with Crippen LogP contribution < -0.4 is 10.1 Å². The quantitative estimate of drug-likeness (QED) is 0.703. The first kappa shape index (κ1) is 21.4. The molecular weight excluding hydrogens is 384 g/mol. The molecule has 1 heterocycles. The van der Waals surface area contributed by atoms with Gasteiger partial charge in [-0.1, -0.05) is 24.6 Å². The lowest BCUT2D eigenvalue weighted by atomic mass is 10.2. The monoisotopic (exact) mass is 410 g/mol. The molecule has 7 nitrogen and oxygen atoms in total. The van der Waals surface area contributed by atoms with Gasteiger partial charge in [0.1, 0.15) is 18.0 Å². The molecule has 1 N–H and O–H groups in total. The van der Waals surface area contributed by atoms with E-state index in [9.17, 15) is 14.4 Å². The average Bonchev–Trinajstić information content (AvgIpc) is 2.94. The van der Waals surface area contributed by atoms with E-state index in [-0.39, 0.29) is 12.5 Å². The fourth-order valence-corrected chi connectivity index (χ4v) is 3.12. The number of rotatable bonds is 7. The number of esters is 1. The van der Waals surface area contributed by atoms with Gasteiger partial charge in [-0.25, -0.2) is 0 Å². The van der Waals surface area contributed by atoms with Gasteiger partial charge in [0.2, 0.25) is 5.91 Å². The third-order valence-corrected chi connectivity index (χ3v) is 4.77. The maximum absolute atomic E-state index is 12.3. The summed E-state index contributed by atoms with van der Waals surface area (Å²) < 4.78 is 10.9. The second-order valence-corrected chi connectivity index (χ2v) is 7.19. The predicted molar refractivity (Wildman–Crippen MR) is 112 cm³/mol. The summed E-state index contributed by atoms with van der Waals surface area (Å²) in [6.45, 7) is 1.93. The van der Waals surface area contributed by atoms with Gasteiger partial charge < -0.3 is 19.7 Å². The number of carbonyl (C=O) groups excluding carboxylic acids is 3. The van der Waals surface area contributed by atoms with Gasteiger partial charge in [-0.3, -0.25) is 14.4 Å². The largest absolute Gasteiger partial charge is 0.457 e. The van der Waals surface area contributed by atoms with Crippen LogP contribution in [0.25, 0.3) is 0 Å². The molecule has 0 unspecified atom stereocenters. The lowest BCUT2D eigenvalue weighted by Crippen LogP contribution is -2.38. The second-order valence-electron chi connectivity index (χ2n) is 7.19. The summed E-state index contributed by atoms with van der Waals surface area (Å²) in [5.74, 6) is 0.291. The molecule has 2 aromatic rings. The molecule has 1 aliphatic heterocycles. The van der Waals surface area contributed by atoms with E-state index in [1.54, 1.807) is 24.3 Å². The van der Waals surface area contributed by atoms with Crippen LogP contribution in [0.5, 0.6) is 11.5 Å². The summed E-state index contributed by atoms with van der Waals surface area (Å²) in [7, 11) is 0. The Hall–Kier alpha value is -3.35. The number of likely N-dealkylation sites (tertiary alicyclic amines) is 1. The zero-order valence-electron chi connectivity index (χ0n) is 17.0. The van der Waals surface area contributed by atoms with E-state index >= 15 is 0 Å². The Labute approximate surface area is 176 Å². The van der Waals surface area contributed by atoms with Gasteiger partial charge in [-0.2, -0.15) is 0 Å². The van der Waals surface area contributed by atoms with Gasteiger partial charge in [0.25, 0.3) is 5.91 Å². The van der Waals surface area contributed by atoms with Crippen LogP contribution in [-0.4, -0.2) is 41.9 Å². The number of hydrogen-bond acceptors (Lipinski definition) is 5. The van der Waals surface area contributed by atoms with Crippen LogP contribution in [0.1, 0.15) is 32.6 Å². The van der Waals surface area contributed by atoms with E-state index in [0.29, 0.717) is 24.4 Å². The van der Waals surface area contributed by atoms with Gasteiger partial charge in [0, 0.05) is 18.7 Å². The number of amides is 2.